The second-order valence-electron chi connectivity index (χ2n) is 8.47. The van der Waals surface area contributed by atoms with E-state index in [-0.39, 0.29) is 12.1 Å². The molecule has 6 nitrogen and oxygen atoms in total. The van der Waals surface area contributed by atoms with E-state index in [1.54, 1.807) is 7.11 Å². The first-order chi connectivity index (χ1) is 16.5. The topological polar surface area (TPSA) is 55.2 Å². The minimum absolute atomic E-state index is 0.123. The van der Waals surface area contributed by atoms with Gasteiger partial charge in [-0.05, 0) is 80.5 Å². The number of thiocarbonyl (C=S) groups is 1. The number of nitrogens with zero attached hydrogens (tertiary/aromatic N) is 4. The van der Waals surface area contributed by atoms with Gasteiger partial charge < -0.3 is 19.5 Å². The van der Waals surface area contributed by atoms with Gasteiger partial charge in [0.15, 0.2) is 5.11 Å². The van der Waals surface area contributed by atoms with Crippen molar-refractivity contribution in [3.63, 3.8) is 0 Å². The number of aryl methyl sites for hydroxylation is 2. The molecule has 5 rings (SSSR count). The minimum Gasteiger partial charge on any atom is -0.495 e. The highest BCUT2D eigenvalue weighted by Crippen LogP contribution is 2.46. The molecule has 1 saturated heterocycles. The molecule has 1 fully saturated rings. The molecule has 3 aromatic heterocycles. The van der Waals surface area contributed by atoms with Crippen LogP contribution in [0.3, 0.4) is 0 Å². The number of nitrogens with one attached hydrogen (secondary N) is 1. The van der Waals surface area contributed by atoms with E-state index in [1.807, 2.05) is 60.9 Å². The van der Waals surface area contributed by atoms with Crippen molar-refractivity contribution in [2.75, 3.05) is 12.0 Å². The Hall–Kier alpha value is -3.71. The number of aromatic nitrogens is 3. The van der Waals surface area contributed by atoms with Crippen LogP contribution in [0.15, 0.2) is 73.1 Å². The van der Waals surface area contributed by atoms with Crippen LogP contribution in [0.25, 0.3) is 5.82 Å². The van der Waals surface area contributed by atoms with E-state index in [9.17, 15) is 0 Å². The van der Waals surface area contributed by atoms with Gasteiger partial charge in [0.25, 0.3) is 0 Å². The highest BCUT2D eigenvalue weighted by atomic mass is 32.1. The van der Waals surface area contributed by atoms with Gasteiger partial charge in [-0.3, -0.25) is 4.98 Å². The van der Waals surface area contributed by atoms with Crippen molar-refractivity contribution >= 4 is 23.0 Å². The van der Waals surface area contributed by atoms with Crippen LogP contribution in [-0.2, 0) is 0 Å². The Morgan fingerprint density at radius 2 is 1.71 bits per heavy atom. The summed E-state index contributed by atoms with van der Waals surface area (Å²) in [4.78, 5) is 11.5. The van der Waals surface area contributed by atoms with Gasteiger partial charge in [-0.1, -0.05) is 24.3 Å². The molecule has 0 bridgehead atoms. The highest BCUT2D eigenvalue weighted by Gasteiger charge is 2.43. The second-order valence-corrected chi connectivity index (χ2v) is 8.86. The van der Waals surface area contributed by atoms with Crippen LogP contribution in [-0.4, -0.2) is 26.8 Å². The fourth-order valence-electron chi connectivity index (χ4n) is 4.88. The van der Waals surface area contributed by atoms with E-state index >= 15 is 0 Å². The standard InChI is InChI=1S/C27H27N5OS/c1-17-10-9-15-29-26(17)31-18(2)16-20(19(31)3)25-24(21-11-7-8-14-28-21)30-27(34)32(25)22-12-5-6-13-23(22)33-4/h5-16,24-25H,1-4H3,(H,30,34)/t24-,25-/m1/s1. The molecule has 0 saturated carbocycles. The fraction of sp³-hybridized carbons (Fsp3) is 0.222. The van der Waals surface area contributed by atoms with E-state index in [0.717, 1.165) is 45.5 Å². The van der Waals surface area contributed by atoms with Gasteiger partial charge in [0.1, 0.15) is 11.6 Å². The predicted octanol–water partition coefficient (Wildman–Crippen LogP) is 5.38. The molecule has 4 aromatic rings. The number of methoxy groups -OCH3 is 1. The third kappa shape index (κ3) is 3.62. The van der Waals surface area contributed by atoms with Crippen LogP contribution in [0.1, 0.15) is 40.3 Å². The van der Waals surface area contributed by atoms with Crippen molar-refractivity contribution in [1.29, 1.82) is 0 Å². The molecule has 0 amide bonds. The van der Waals surface area contributed by atoms with Gasteiger partial charge in [-0.15, -0.1) is 0 Å². The van der Waals surface area contributed by atoms with Gasteiger partial charge in [-0.25, -0.2) is 4.98 Å². The first-order valence-corrected chi connectivity index (χ1v) is 11.7. The highest BCUT2D eigenvalue weighted by molar-refractivity contribution is 7.80. The Kier molecular flexibility index (Phi) is 5.79. The summed E-state index contributed by atoms with van der Waals surface area (Å²) in [5, 5.41) is 4.18. The van der Waals surface area contributed by atoms with Crippen molar-refractivity contribution in [1.82, 2.24) is 19.9 Å². The van der Waals surface area contributed by atoms with Crippen molar-refractivity contribution in [2.45, 2.75) is 32.9 Å². The molecule has 1 aromatic carbocycles. The van der Waals surface area contributed by atoms with E-state index in [4.69, 9.17) is 17.0 Å². The van der Waals surface area contributed by atoms with E-state index in [0.29, 0.717) is 5.11 Å². The summed E-state index contributed by atoms with van der Waals surface area (Å²) in [6, 6.07) is 20.0. The van der Waals surface area contributed by atoms with Crippen LogP contribution in [0.5, 0.6) is 5.75 Å². The first kappa shape index (κ1) is 22.1. The summed E-state index contributed by atoms with van der Waals surface area (Å²) in [5.41, 5.74) is 6.38. The maximum Gasteiger partial charge on any atom is 0.174 e. The molecule has 0 aliphatic carbocycles. The lowest BCUT2D eigenvalue weighted by molar-refractivity contribution is 0.414. The number of ether oxygens (including phenoxy) is 1. The minimum atomic E-state index is -0.127. The molecular formula is C27H27N5OS. The Bertz CT molecular complexity index is 1350. The molecule has 7 heteroatoms. The number of pyridine rings is 2. The number of anilines is 1. The molecular weight excluding hydrogens is 442 g/mol. The van der Waals surface area contributed by atoms with Gasteiger partial charge in [0.2, 0.25) is 0 Å². The molecule has 1 aliphatic heterocycles. The summed E-state index contributed by atoms with van der Waals surface area (Å²) in [6.45, 7) is 6.35. The van der Waals surface area contributed by atoms with E-state index in [2.05, 4.69) is 57.7 Å². The third-order valence-electron chi connectivity index (χ3n) is 6.43. The fourth-order valence-corrected chi connectivity index (χ4v) is 5.22. The van der Waals surface area contributed by atoms with Crippen molar-refractivity contribution in [3.05, 3.63) is 101 Å². The monoisotopic (exact) mass is 469 g/mol. The summed E-state index contributed by atoms with van der Waals surface area (Å²) < 4.78 is 7.94. The Balaban J connectivity index is 1.72. The van der Waals surface area contributed by atoms with Crippen LogP contribution < -0.4 is 15.0 Å². The molecule has 1 aliphatic rings. The first-order valence-electron chi connectivity index (χ1n) is 11.3. The Labute approximate surface area is 205 Å². The zero-order valence-corrected chi connectivity index (χ0v) is 20.5. The predicted molar refractivity (Wildman–Crippen MR) is 139 cm³/mol. The average Bonchev–Trinajstić information content (AvgIpc) is 3.35. The van der Waals surface area contributed by atoms with Crippen molar-refractivity contribution < 1.29 is 4.74 Å². The van der Waals surface area contributed by atoms with Crippen LogP contribution in [0, 0.1) is 20.8 Å². The van der Waals surface area contributed by atoms with Crippen LogP contribution >= 0.6 is 12.2 Å². The zero-order chi connectivity index (χ0) is 23.8. The van der Waals surface area contributed by atoms with Gasteiger partial charge in [0.05, 0.1) is 30.6 Å². The van der Waals surface area contributed by atoms with Crippen molar-refractivity contribution in [2.24, 2.45) is 0 Å². The SMILES string of the molecule is COc1ccccc1N1C(=S)N[C@H](c2ccccn2)[C@H]1c1cc(C)n(-c2ncccc2C)c1C. The molecule has 0 unspecified atom stereocenters. The van der Waals surface area contributed by atoms with Crippen molar-refractivity contribution in [3.8, 4) is 11.6 Å². The van der Waals surface area contributed by atoms with E-state index < -0.39 is 0 Å². The molecule has 0 radical (unpaired) electrons. The summed E-state index contributed by atoms with van der Waals surface area (Å²) in [6.07, 6.45) is 3.66. The van der Waals surface area contributed by atoms with Gasteiger partial charge in [-0.2, -0.15) is 0 Å². The number of hydrogen-bond acceptors (Lipinski definition) is 4. The smallest absolute Gasteiger partial charge is 0.174 e. The average molecular weight is 470 g/mol. The summed E-state index contributed by atoms with van der Waals surface area (Å²) in [7, 11) is 1.69. The number of benzene rings is 1. The molecule has 2 atom stereocenters. The van der Waals surface area contributed by atoms with Crippen LogP contribution in [0.4, 0.5) is 5.69 Å². The third-order valence-corrected chi connectivity index (χ3v) is 6.74. The lowest BCUT2D eigenvalue weighted by Gasteiger charge is -2.29. The molecule has 1 N–H and O–H groups in total. The van der Waals surface area contributed by atoms with Gasteiger partial charge >= 0.3 is 0 Å². The number of hydrogen-bond donors (Lipinski definition) is 1. The quantitative estimate of drug-likeness (QED) is 0.396. The Morgan fingerprint density at radius 3 is 2.44 bits per heavy atom. The molecule has 0 spiro atoms. The second kappa shape index (κ2) is 8.91. The maximum atomic E-state index is 5.89. The summed E-state index contributed by atoms with van der Waals surface area (Å²) >= 11 is 5.89. The molecule has 172 valence electrons. The largest absolute Gasteiger partial charge is 0.495 e. The number of rotatable bonds is 5. The van der Waals surface area contributed by atoms with Crippen LogP contribution in [0.2, 0.25) is 0 Å². The normalized spacial score (nSPS) is 17.6. The Morgan fingerprint density at radius 1 is 0.941 bits per heavy atom. The number of para-hydroxylation sites is 2. The van der Waals surface area contributed by atoms with E-state index in [1.165, 1.54) is 0 Å². The zero-order valence-electron chi connectivity index (χ0n) is 19.7. The lowest BCUT2D eigenvalue weighted by atomic mass is 9.96. The molecule has 4 heterocycles. The summed E-state index contributed by atoms with van der Waals surface area (Å²) in [5.74, 6) is 1.71. The van der Waals surface area contributed by atoms with Gasteiger partial charge in [0, 0.05) is 23.8 Å². The molecule has 34 heavy (non-hydrogen) atoms. The lowest BCUT2D eigenvalue weighted by Crippen LogP contribution is -2.30. The maximum absolute atomic E-state index is 5.89.